The summed E-state index contributed by atoms with van der Waals surface area (Å²) in [6, 6.07) is 10.2. The Morgan fingerprint density at radius 2 is 2.09 bits per heavy atom. The molecule has 1 aromatic carbocycles. The van der Waals surface area contributed by atoms with Gasteiger partial charge in [0.1, 0.15) is 12.0 Å². The molecule has 7 nitrogen and oxygen atoms in total. The van der Waals surface area contributed by atoms with Crippen LogP contribution in [0, 0.1) is 0 Å². The second-order valence-electron chi connectivity index (χ2n) is 5.30. The Balaban J connectivity index is 1.72. The molecule has 7 heteroatoms. The first-order valence-corrected chi connectivity index (χ1v) is 7.39. The smallest absolute Gasteiger partial charge is 0.351 e. The molecule has 0 radical (unpaired) electrons. The van der Waals surface area contributed by atoms with Crippen LogP contribution >= 0.6 is 0 Å². The topological polar surface area (TPSA) is 93.5 Å². The Morgan fingerprint density at radius 1 is 1.30 bits per heavy atom. The zero-order chi connectivity index (χ0) is 16.2. The van der Waals surface area contributed by atoms with E-state index in [-0.39, 0.29) is 24.4 Å². The quantitative estimate of drug-likeness (QED) is 0.883. The van der Waals surface area contributed by atoms with Crippen molar-refractivity contribution in [2.75, 3.05) is 11.9 Å². The van der Waals surface area contributed by atoms with E-state index in [4.69, 9.17) is 9.84 Å². The highest BCUT2D eigenvalue weighted by atomic mass is 16.5. The SMILES string of the molecule is O=C(Nc1ccn([C@@H]2CC[C@@H](CO)O2)c(=O)n1)c1ccccc1. The lowest BCUT2D eigenvalue weighted by Crippen LogP contribution is -2.28. The highest BCUT2D eigenvalue weighted by molar-refractivity contribution is 6.03. The predicted molar refractivity (Wildman–Crippen MR) is 83.1 cm³/mol. The number of hydrogen-bond acceptors (Lipinski definition) is 5. The fourth-order valence-corrected chi connectivity index (χ4v) is 2.51. The highest BCUT2D eigenvalue weighted by Crippen LogP contribution is 2.26. The molecule has 1 fully saturated rings. The van der Waals surface area contributed by atoms with E-state index in [1.54, 1.807) is 36.5 Å². The lowest BCUT2D eigenvalue weighted by molar-refractivity contribution is -0.0245. The lowest BCUT2D eigenvalue weighted by Gasteiger charge is -2.15. The molecule has 120 valence electrons. The third-order valence-corrected chi connectivity index (χ3v) is 3.71. The Kier molecular flexibility index (Phi) is 4.50. The number of benzene rings is 1. The van der Waals surface area contributed by atoms with E-state index in [1.807, 2.05) is 6.07 Å². The number of aromatic nitrogens is 2. The van der Waals surface area contributed by atoms with Gasteiger partial charge in [-0.15, -0.1) is 0 Å². The summed E-state index contributed by atoms with van der Waals surface area (Å²) in [4.78, 5) is 28.0. The molecule has 23 heavy (non-hydrogen) atoms. The van der Waals surface area contributed by atoms with Gasteiger partial charge in [-0.1, -0.05) is 18.2 Å². The minimum Gasteiger partial charge on any atom is -0.394 e. The molecule has 2 N–H and O–H groups in total. The van der Waals surface area contributed by atoms with Gasteiger partial charge in [0, 0.05) is 11.8 Å². The van der Waals surface area contributed by atoms with E-state index >= 15 is 0 Å². The van der Waals surface area contributed by atoms with E-state index in [0.29, 0.717) is 18.4 Å². The third kappa shape index (κ3) is 3.46. The van der Waals surface area contributed by atoms with Crippen LogP contribution in [-0.2, 0) is 4.74 Å². The van der Waals surface area contributed by atoms with Crippen LogP contribution in [0.25, 0.3) is 0 Å². The van der Waals surface area contributed by atoms with Gasteiger partial charge >= 0.3 is 5.69 Å². The number of rotatable bonds is 4. The first kappa shape index (κ1) is 15.4. The molecule has 0 aliphatic carbocycles. The molecule has 1 amide bonds. The average Bonchev–Trinajstić information content (AvgIpc) is 3.04. The molecule has 0 spiro atoms. The lowest BCUT2D eigenvalue weighted by atomic mass is 10.2. The van der Waals surface area contributed by atoms with Gasteiger partial charge in [-0.2, -0.15) is 4.98 Å². The molecule has 1 aliphatic rings. The highest BCUT2D eigenvalue weighted by Gasteiger charge is 2.26. The molecular weight excluding hydrogens is 298 g/mol. The molecule has 3 rings (SSSR count). The molecule has 2 heterocycles. The van der Waals surface area contributed by atoms with Gasteiger partial charge < -0.3 is 15.2 Å². The van der Waals surface area contributed by atoms with Gasteiger partial charge in [-0.3, -0.25) is 9.36 Å². The van der Waals surface area contributed by atoms with E-state index in [1.165, 1.54) is 4.57 Å². The summed E-state index contributed by atoms with van der Waals surface area (Å²) in [6.45, 7) is -0.0656. The Labute approximate surface area is 132 Å². The minimum atomic E-state index is -0.501. The molecule has 2 atom stereocenters. The molecule has 2 aromatic rings. The number of nitrogens with one attached hydrogen (secondary N) is 1. The number of nitrogens with zero attached hydrogens (tertiary/aromatic N) is 2. The van der Waals surface area contributed by atoms with Crippen molar-refractivity contribution in [1.82, 2.24) is 9.55 Å². The Bertz CT molecular complexity index is 744. The van der Waals surface area contributed by atoms with E-state index < -0.39 is 11.9 Å². The number of hydrogen-bond donors (Lipinski definition) is 2. The zero-order valence-corrected chi connectivity index (χ0v) is 12.4. The minimum absolute atomic E-state index is 0.0656. The second-order valence-corrected chi connectivity index (χ2v) is 5.30. The summed E-state index contributed by atoms with van der Waals surface area (Å²) in [5.41, 5.74) is -0.0113. The van der Waals surface area contributed by atoms with Crippen molar-refractivity contribution in [3.63, 3.8) is 0 Å². The van der Waals surface area contributed by atoms with Crippen LogP contribution < -0.4 is 11.0 Å². The fourth-order valence-electron chi connectivity index (χ4n) is 2.51. The second kappa shape index (κ2) is 6.72. The van der Waals surface area contributed by atoms with Crippen LogP contribution in [0.5, 0.6) is 0 Å². The predicted octanol–water partition coefficient (Wildman–Crippen LogP) is 1.17. The summed E-state index contributed by atoms with van der Waals surface area (Å²) < 4.78 is 6.92. The number of amides is 1. The molecule has 0 bridgehead atoms. The van der Waals surface area contributed by atoms with Crippen molar-refractivity contribution in [3.05, 3.63) is 58.6 Å². The number of ether oxygens (including phenoxy) is 1. The third-order valence-electron chi connectivity index (χ3n) is 3.71. The van der Waals surface area contributed by atoms with Gasteiger partial charge in [-0.05, 0) is 31.0 Å². The largest absolute Gasteiger partial charge is 0.394 e. The first-order valence-electron chi connectivity index (χ1n) is 7.39. The maximum absolute atomic E-state index is 12.1. The molecule has 0 saturated carbocycles. The Hall–Kier alpha value is -2.51. The van der Waals surface area contributed by atoms with Crippen molar-refractivity contribution in [2.45, 2.75) is 25.2 Å². The monoisotopic (exact) mass is 315 g/mol. The maximum Gasteiger partial charge on any atom is 0.351 e. The van der Waals surface area contributed by atoms with E-state index in [9.17, 15) is 9.59 Å². The van der Waals surface area contributed by atoms with Crippen molar-refractivity contribution in [1.29, 1.82) is 0 Å². The number of aliphatic hydroxyl groups excluding tert-OH is 1. The maximum atomic E-state index is 12.1. The number of aliphatic hydroxyl groups is 1. The van der Waals surface area contributed by atoms with Gasteiger partial charge in [0.05, 0.1) is 12.7 Å². The van der Waals surface area contributed by atoms with Crippen LogP contribution in [0.3, 0.4) is 0 Å². The van der Waals surface area contributed by atoms with Gasteiger partial charge in [0.2, 0.25) is 0 Å². The van der Waals surface area contributed by atoms with Crippen LogP contribution in [-0.4, -0.2) is 33.3 Å². The molecule has 1 aliphatic heterocycles. The summed E-state index contributed by atoms with van der Waals surface area (Å²) in [5, 5.41) is 11.7. The molecule has 1 saturated heterocycles. The van der Waals surface area contributed by atoms with Gasteiger partial charge in [-0.25, -0.2) is 4.79 Å². The summed E-state index contributed by atoms with van der Waals surface area (Å²) >= 11 is 0. The van der Waals surface area contributed by atoms with Crippen LogP contribution in [0.4, 0.5) is 5.82 Å². The van der Waals surface area contributed by atoms with Crippen LogP contribution in [0.15, 0.2) is 47.4 Å². The van der Waals surface area contributed by atoms with Gasteiger partial charge in [0.15, 0.2) is 0 Å². The molecule has 1 aromatic heterocycles. The first-order chi connectivity index (χ1) is 11.2. The van der Waals surface area contributed by atoms with Crippen molar-refractivity contribution in [3.8, 4) is 0 Å². The molecular formula is C16H17N3O4. The normalized spacial score (nSPS) is 20.4. The summed E-state index contributed by atoms with van der Waals surface area (Å²) in [6.07, 6.45) is 2.21. The molecule has 0 unspecified atom stereocenters. The number of carbonyl (C=O) groups is 1. The van der Waals surface area contributed by atoms with Crippen molar-refractivity contribution >= 4 is 11.7 Å². The van der Waals surface area contributed by atoms with Crippen LogP contribution in [0.2, 0.25) is 0 Å². The van der Waals surface area contributed by atoms with Gasteiger partial charge in [0.25, 0.3) is 5.91 Å². The average molecular weight is 315 g/mol. The fraction of sp³-hybridized carbons (Fsp3) is 0.312. The van der Waals surface area contributed by atoms with E-state index in [0.717, 1.165) is 0 Å². The van der Waals surface area contributed by atoms with Crippen LogP contribution in [0.1, 0.15) is 29.4 Å². The summed E-state index contributed by atoms with van der Waals surface area (Å²) in [7, 11) is 0. The zero-order valence-electron chi connectivity index (χ0n) is 12.4. The van der Waals surface area contributed by atoms with E-state index in [2.05, 4.69) is 10.3 Å². The number of carbonyl (C=O) groups excluding carboxylic acids is 1. The Morgan fingerprint density at radius 3 is 2.74 bits per heavy atom. The van der Waals surface area contributed by atoms with Crippen molar-refractivity contribution < 1.29 is 14.6 Å². The van der Waals surface area contributed by atoms with Crippen molar-refractivity contribution in [2.24, 2.45) is 0 Å². The number of anilines is 1. The standard InChI is InChI=1S/C16H17N3O4/c20-10-12-6-7-14(23-12)19-9-8-13(18-16(19)22)17-15(21)11-4-2-1-3-5-11/h1-5,8-9,12,14,20H,6-7,10H2,(H,17,18,21,22)/t12-,14-/m0/s1. The summed E-state index contributed by atoms with van der Waals surface area (Å²) in [5.74, 6) is -0.135.